The molecule has 0 saturated carbocycles. The Balaban J connectivity index is 6.22. The van der Waals surface area contributed by atoms with Crippen molar-refractivity contribution in [2.24, 2.45) is 0 Å². The lowest BCUT2D eigenvalue weighted by atomic mass is 9.89. The topological polar surface area (TPSA) is 158 Å². The highest BCUT2D eigenvalue weighted by Crippen LogP contribution is 2.29. The molecule has 3 atom stereocenters. The summed E-state index contributed by atoms with van der Waals surface area (Å²) in [5.41, 5.74) is -3.72. The fourth-order valence-electron chi connectivity index (χ4n) is 5.43. The van der Waals surface area contributed by atoms with Gasteiger partial charge in [0.2, 0.25) is 0 Å². The predicted octanol–water partition coefficient (Wildman–Crippen LogP) is 6.60. The van der Waals surface area contributed by atoms with Gasteiger partial charge in [-0.3, -0.25) is 28.8 Å². The third-order valence-electron chi connectivity index (χ3n) is 9.55. The summed E-state index contributed by atoms with van der Waals surface area (Å²) in [6.07, 6.45) is 0.846. The first-order valence-electron chi connectivity index (χ1n) is 18.2. The van der Waals surface area contributed by atoms with Gasteiger partial charge in [-0.2, -0.15) is 0 Å². The second-order valence-corrected chi connectivity index (χ2v) is 14.0. The van der Waals surface area contributed by atoms with E-state index in [0.29, 0.717) is 57.8 Å². The Bertz CT molecular complexity index is 945. The molecule has 0 amide bonds. The summed E-state index contributed by atoms with van der Waals surface area (Å²) >= 11 is -4.03. The van der Waals surface area contributed by atoms with Crippen LogP contribution in [-0.2, 0) is 54.3 Å². The van der Waals surface area contributed by atoms with Gasteiger partial charge in [0.25, 0.3) is 17.9 Å². The number of Topliss-reactive ketones (excluding diaryl/α,β-unsaturated/α-hetero) is 3. The Morgan fingerprint density at radius 1 is 0.429 bits per heavy atom. The molecular weight excluding hydrogens is 651 g/mol. The van der Waals surface area contributed by atoms with Crippen molar-refractivity contribution in [3.05, 3.63) is 0 Å². The third kappa shape index (κ3) is 14.2. The molecule has 0 aliphatic rings. The SMILES string of the molecule is CCC(C)OC(CC)(CC)C(=O)CC(=O)[O][Al]([O]C(=O)CC(=O)C(CC)(CC)OC(C)CC)[O]C(=O)CC(=O)C(CC)(CC)OC(C)CC. The molecule has 0 aromatic carbocycles. The van der Waals surface area contributed by atoms with Gasteiger partial charge in [0.05, 0.1) is 18.3 Å². The largest absolute Gasteiger partial charge is 1.20 e. The first kappa shape index (κ1) is 46.8. The lowest BCUT2D eigenvalue weighted by molar-refractivity contribution is -0.161. The van der Waals surface area contributed by atoms with E-state index in [9.17, 15) is 28.8 Å². The maximum atomic E-state index is 13.3. The molecule has 49 heavy (non-hydrogen) atoms. The molecule has 0 N–H and O–H groups in total. The normalized spacial score (nSPS) is 14.0. The Kier molecular flexibility index (Phi) is 21.6. The van der Waals surface area contributed by atoms with Crippen LogP contribution in [0.5, 0.6) is 0 Å². The Hall–Kier alpha value is -2.17. The van der Waals surface area contributed by atoms with Gasteiger partial charge in [0.1, 0.15) is 36.1 Å². The molecule has 12 nitrogen and oxygen atoms in total. The fraction of sp³-hybridized carbons (Fsp3) is 0.833. The number of carbonyl (C=O) groups excluding carboxylic acids is 6. The van der Waals surface area contributed by atoms with Crippen LogP contribution in [0.4, 0.5) is 0 Å². The van der Waals surface area contributed by atoms with Crippen molar-refractivity contribution in [1.82, 2.24) is 0 Å². The van der Waals surface area contributed by atoms with E-state index in [2.05, 4.69) is 0 Å². The zero-order chi connectivity index (χ0) is 38.0. The Morgan fingerprint density at radius 3 is 0.796 bits per heavy atom. The highest BCUT2D eigenvalue weighted by molar-refractivity contribution is 6.44. The molecule has 0 aromatic heterocycles. The van der Waals surface area contributed by atoms with Gasteiger partial charge in [-0.15, -0.1) is 0 Å². The van der Waals surface area contributed by atoms with Gasteiger partial charge < -0.3 is 25.6 Å². The Labute approximate surface area is 299 Å². The van der Waals surface area contributed by atoms with E-state index in [0.717, 1.165) is 0 Å². The lowest BCUT2D eigenvalue weighted by Crippen LogP contribution is -2.46. The summed E-state index contributed by atoms with van der Waals surface area (Å²) in [5.74, 6) is -4.87. The van der Waals surface area contributed by atoms with E-state index in [4.69, 9.17) is 25.6 Å². The third-order valence-corrected chi connectivity index (χ3v) is 10.9. The maximum Gasteiger partial charge on any atom is 1.20 e. The van der Waals surface area contributed by atoms with Gasteiger partial charge in [-0.05, 0) is 78.6 Å². The van der Waals surface area contributed by atoms with Crippen LogP contribution in [0, 0.1) is 0 Å². The number of ketones is 3. The molecule has 0 rings (SSSR count). The summed E-state index contributed by atoms with van der Waals surface area (Å²) in [6, 6.07) is 0. The molecule has 0 heterocycles. The minimum atomic E-state index is -4.03. The zero-order valence-electron chi connectivity index (χ0n) is 32.2. The molecule has 282 valence electrons. The smallest absolute Gasteiger partial charge is 0.550 e. The van der Waals surface area contributed by atoms with Gasteiger partial charge >= 0.3 is 15.1 Å². The van der Waals surface area contributed by atoms with E-state index >= 15 is 0 Å². The zero-order valence-corrected chi connectivity index (χ0v) is 33.3. The fourth-order valence-corrected chi connectivity index (χ4v) is 6.47. The van der Waals surface area contributed by atoms with Crippen LogP contribution in [0.1, 0.15) is 160 Å². The quantitative estimate of drug-likeness (QED) is 0.0664. The van der Waals surface area contributed by atoms with Gasteiger partial charge in [0.15, 0.2) is 17.3 Å². The standard InChI is InChI=1S/3C12H22O4.Al/c3*1-5-9(4)16-12(6-2,7-3)10(13)8-11(14)15;/h3*9H,5-8H2,1-4H3,(H,14,15);/q;;;+3/p-3. The van der Waals surface area contributed by atoms with Crippen LogP contribution in [-0.4, -0.2) is 85.5 Å². The molecule has 3 unspecified atom stereocenters. The second kappa shape index (κ2) is 22.6. The number of ether oxygens (including phenoxy) is 3. The van der Waals surface area contributed by atoms with Crippen molar-refractivity contribution < 1.29 is 54.3 Å². The van der Waals surface area contributed by atoms with E-state index in [1.807, 2.05) is 41.5 Å². The second-order valence-electron chi connectivity index (χ2n) is 12.7. The molecule has 0 radical (unpaired) electrons. The van der Waals surface area contributed by atoms with Gasteiger partial charge in [0, 0.05) is 0 Å². The van der Waals surface area contributed by atoms with Crippen molar-refractivity contribution in [2.45, 2.75) is 195 Å². The molecule has 0 saturated heterocycles. The van der Waals surface area contributed by atoms with E-state index in [1.165, 1.54) is 0 Å². The van der Waals surface area contributed by atoms with Crippen LogP contribution in [0.15, 0.2) is 0 Å². The van der Waals surface area contributed by atoms with Crippen LogP contribution >= 0.6 is 0 Å². The maximum absolute atomic E-state index is 13.3. The minimum absolute atomic E-state index is 0.246. The highest BCUT2D eigenvalue weighted by atomic mass is 27.3. The molecule has 0 fully saturated rings. The van der Waals surface area contributed by atoms with Crippen molar-refractivity contribution in [1.29, 1.82) is 0 Å². The summed E-state index contributed by atoms with van der Waals surface area (Å²) in [5, 5.41) is 0. The van der Waals surface area contributed by atoms with Gasteiger partial charge in [-0.1, -0.05) is 62.3 Å². The average molecular weight is 715 g/mol. The average Bonchev–Trinajstić information content (AvgIpc) is 3.07. The molecular formula is C36H63AlO12. The van der Waals surface area contributed by atoms with Crippen LogP contribution in [0.25, 0.3) is 0 Å². The summed E-state index contributed by atoms with van der Waals surface area (Å²) in [6.45, 7) is 21.9. The number of carbonyl (C=O) groups is 6. The lowest BCUT2D eigenvalue weighted by Gasteiger charge is -2.33. The number of hydrogen-bond acceptors (Lipinski definition) is 12. The summed E-state index contributed by atoms with van der Waals surface area (Å²) < 4.78 is 34.1. The van der Waals surface area contributed by atoms with E-state index < -0.39 is 86.5 Å². The van der Waals surface area contributed by atoms with Crippen molar-refractivity contribution in [2.75, 3.05) is 0 Å². The molecule has 0 aromatic rings. The highest BCUT2D eigenvalue weighted by Gasteiger charge is 2.52. The Morgan fingerprint density at radius 2 is 0.633 bits per heavy atom. The first-order valence-corrected chi connectivity index (χ1v) is 19.6. The molecule has 0 aliphatic heterocycles. The predicted molar refractivity (Wildman–Crippen MR) is 185 cm³/mol. The van der Waals surface area contributed by atoms with Crippen LogP contribution < -0.4 is 0 Å². The van der Waals surface area contributed by atoms with Crippen molar-refractivity contribution in [3.63, 3.8) is 0 Å². The number of hydrogen-bond donors (Lipinski definition) is 0. The minimum Gasteiger partial charge on any atom is -0.550 e. The summed E-state index contributed by atoms with van der Waals surface area (Å²) in [4.78, 5) is 79.3. The number of rotatable bonds is 27. The van der Waals surface area contributed by atoms with Crippen LogP contribution in [0.2, 0.25) is 0 Å². The molecule has 0 spiro atoms. The van der Waals surface area contributed by atoms with Gasteiger partial charge in [-0.25, -0.2) is 0 Å². The molecule has 0 bridgehead atoms. The van der Waals surface area contributed by atoms with Crippen molar-refractivity contribution in [3.8, 4) is 0 Å². The monoisotopic (exact) mass is 714 g/mol. The van der Waals surface area contributed by atoms with E-state index in [-0.39, 0.29) is 18.3 Å². The van der Waals surface area contributed by atoms with Crippen molar-refractivity contribution >= 4 is 50.4 Å². The first-order chi connectivity index (χ1) is 23.0. The van der Waals surface area contributed by atoms with Crippen LogP contribution in [0.3, 0.4) is 0 Å². The van der Waals surface area contributed by atoms with E-state index in [1.54, 1.807) is 41.5 Å². The summed E-state index contributed by atoms with van der Waals surface area (Å²) in [7, 11) is 0. The molecule has 0 aliphatic carbocycles. The molecule has 13 heteroatoms.